The molecular formula is C18H17F3N2O3S. The quantitative estimate of drug-likeness (QED) is 0.747. The van der Waals surface area contributed by atoms with Crippen molar-refractivity contribution in [2.24, 2.45) is 0 Å². The monoisotopic (exact) mass is 398 g/mol. The summed E-state index contributed by atoms with van der Waals surface area (Å²) in [6.45, 7) is -0.206. The van der Waals surface area contributed by atoms with Gasteiger partial charge in [0, 0.05) is 17.6 Å². The van der Waals surface area contributed by atoms with Gasteiger partial charge in [0.05, 0.1) is 12.1 Å². The maximum atomic E-state index is 12.5. The minimum Gasteiger partial charge on any atom is -0.406 e. The predicted molar refractivity (Wildman–Crippen MR) is 96.9 cm³/mol. The third-order valence-electron chi connectivity index (χ3n) is 3.44. The van der Waals surface area contributed by atoms with Crippen molar-refractivity contribution in [3.63, 3.8) is 0 Å². The number of halogens is 3. The molecule has 2 amide bonds. The standard InChI is InChI=1S/C18H17F3N2O3S/c1-23(17(25)14-5-3-4-6-15(14)27-2)11-16(24)22-12-7-9-13(10-8-12)26-18(19,20)21/h3-10H,11H2,1-2H3,(H,22,24). The first-order valence-electron chi connectivity index (χ1n) is 7.74. The van der Waals surface area contributed by atoms with Crippen LogP contribution in [0.25, 0.3) is 0 Å². The van der Waals surface area contributed by atoms with Crippen LogP contribution in [0.15, 0.2) is 53.4 Å². The summed E-state index contributed by atoms with van der Waals surface area (Å²) < 4.78 is 40.2. The van der Waals surface area contributed by atoms with E-state index in [2.05, 4.69) is 10.1 Å². The predicted octanol–water partition coefficient (Wildman–Crippen LogP) is 4.02. The van der Waals surface area contributed by atoms with Crippen molar-refractivity contribution in [3.05, 3.63) is 54.1 Å². The first-order valence-corrected chi connectivity index (χ1v) is 8.96. The number of rotatable bonds is 6. The maximum Gasteiger partial charge on any atom is 0.573 e. The Morgan fingerprint density at radius 1 is 1.11 bits per heavy atom. The van der Waals surface area contributed by atoms with Crippen LogP contribution in [0.2, 0.25) is 0 Å². The second-order valence-corrected chi connectivity index (χ2v) is 6.33. The Morgan fingerprint density at radius 3 is 2.33 bits per heavy atom. The smallest absolute Gasteiger partial charge is 0.406 e. The molecule has 0 atom stereocenters. The summed E-state index contributed by atoms with van der Waals surface area (Å²) in [5.74, 6) is -1.16. The van der Waals surface area contributed by atoms with Crippen molar-refractivity contribution in [3.8, 4) is 5.75 Å². The molecule has 0 aromatic heterocycles. The topological polar surface area (TPSA) is 58.6 Å². The normalized spacial score (nSPS) is 11.0. The number of carbonyl (C=O) groups is 2. The molecule has 0 aliphatic heterocycles. The molecule has 5 nitrogen and oxygen atoms in total. The number of thioether (sulfide) groups is 1. The van der Waals surface area contributed by atoms with E-state index in [0.717, 1.165) is 17.0 Å². The number of hydrogen-bond acceptors (Lipinski definition) is 4. The Morgan fingerprint density at radius 2 is 1.74 bits per heavy atom. The highest BCUT2D eigenvalue weighted by atomic mass is 32.2. The number of alkyl halides is 3. The highest BCUT2D eigenvalue weighted by Crippen LogP contribution is 2.24. The lowest BCUT2D eigenvalue weighted by atomic mass is 10.2. The molecule has 2 aromatic carbocycles. The van der Waals surface area contributed by atoms with Gasteiger partial charge < -0.3 is 15.0 Å². The molecule has 0 aliphatic carbocycles. The number of hydrogen-bond donors (Lipinski definition) is 1. The molecule has 2 rings (SSSR count). The molecule has 144 valence electrons. The largest absolute Gasteiger partial charge is 0.573 e. The fourth-order valence-corrected chi connectivity index (χ4v) is 2.84. The highest BCUT2D eigenvalue weighted by molar-refractivity contribution is 7.98. The molecule has 0 radical (unpaired) electrons. The molecule has 0 aliphatic rings. The summed E-state index contributed by atoms with van der Waals surface area (Å²) in [4.78, 5) is 26.7. The van der Waals surface area contributed by atoms with E-state index in [1.807, 2.05) is 18.4 Å². The summed E-state index contributed by atoms with van der Waals surface area (Å²) in [5.41, 5.74) is 0.786. The number of nitrogens with zero attached hydrogens (tertiary/aromatic N) is 1. The van der Waals surface area contributed by atoms with Crippen molar-refractivity contribution < 1.29 is 27.5 Å². The molecule has 1 N–H and O–H groups in total. The van der Waals surface area contributed by atoms with E-state index in [0.29, 0.717) is 11.3 Å². The van der Waals surface area contributed by atoms with Gasteiger partial charge in [-0.2, -0.15) is 0 Å². The number of anilines is 1. The van der Waals surface area contributed by atoms with Gasteiger partial charge in [-0.25, -0.2) is 0 Å². The van der Waals surface area contributed by atoms with E-state index < -0.39 is 12.3 Å². The first-order chi connectivity index (χ1) is 12.7. The van der Waals surface area contributed by atoms with E-state index in [1.165, 1.54) is 35.8 Å². The van der Waals surface area contributed by atoms with E-state index in [9.17, 15) is 22.8 Å². The summed E-state index contributed by atoms with van der Waals surface area (Å²) >= 11 is 1.43. The average Bonchev–Trinajstić information content (AvgIpc) is 2.61. The fourth-order valence-electron chi connectivity index (χ4n) is 2.25. The number of carbonyl (C=O) groups excluding carboxylic acids is 2. The average molecular weight is 398 g/mol. The Balaban J connectivity index is 1.95. The molecule has 9 heteroatoms. The van der Waals surface area contributed by atoms with E-state index in [-0.39, 0.29) is 18.2 Å². The number of likely N-dealkylation sites (N-methyl/N-ethyl adjacent to an activating group) is 1. The van der Waals surface area contributed by atoms with Crippen molar-refractivity contribution in [1.29, 1.82) is 0 Å². The van der Waals surface area contributed by atoms with Gasteiger partial charge in [0.2, 0.25) is 5.91 Å². The van der Waals surface area contributed by atoms with Crippen LogP contribution in [0.5, 0.6) is 5.75 Å². The second kappa shape index (κ2) is 8.81. The molecule has 0 spiro atoms. The molecule has 0 unspecified atom stereocenters. The van der Waals surface area contributed by atoms with E-state index in [4.69, 9.17) is 0 Å². The Labute approximate surface area is 158 Å². The Kier molecular flexibility index (Phi) is 6.73. The van der Waals surface area contributed by atoms with E-state index >= 15 is 0 Å². The molecular weight excluding hydrogens is 381 g/mol. The lowest BCUT2D eigenvalue weighted by Crippen LogP contribution is -2.35. The van der Waals surface area contributed by atoms with Crippen LogP contribution < -0.4 is 10.1 Å². The molecule has 0 bridgehead atoms. The van der Waals surface area contributed by atoms with Crippen LogP contribution in [0.1, 0.15) is 10.4 Å². The number of nitrogens with one attached hydrogen (secondary N) is 1. The van der Waals surface area contributed by atoms with Crippen molar-refractivity contribution in [2.75, 3.05) is 25.2 Å². The number of ether oxygens (including phenoxy) is 1. The molecule has 0 saturated carbocycles. The van der Waals surface area contributed by atoms with Crippen LogP contribution >= 0.6 is 11.8 Å². The molecule has 0 heterocycles. The zero-order valence-corrected chi connectivity index (χ0v) is 15.4. The fraction of sp³-hybridized carbons (Fsp3) is 0.222. The minimum absolute atomic E-state index is 0.206. The summed E-state index contributed by atoms with van der Waals surface area (Å²) in [6, 6.07) is 11.8. The van der Waals surface area contributed by atoms with Gasteiger partial charge >= 0.3 is 6.36 Å². The summed E-state index contributed by atoms with van der Waals surface area (Å²) in [7, 11) is 1.50. The van der Waals surface area contributed by atoms with Crippen LogP contribution in [0.3, 0.4) is 0 Å². The molecule has 0 saturated heterocycles. The van der Waals surface area contributed by atoms with Gasteiger partial charge in [0.15, 0.2) is 0 Å². The van der Waals surface area contributed by atoms with Crippen molar-refractivity contribution in [1.82, 2.24) is 4.90 Å². The van der Waals surface area contributed by atoms with Crippen LogP contribution in [0, 0.1) is 0 Å². The molecule has 27 heavy (non-hydrogen) atoms. The maximum absolute atomic E-state index is 12.5. The molecule has 2 aromatic rings. The highest BCUT2D eigenvalue weighted by Gasteiger charge is 2.31. The van der Waals surface area contributed by atoms with Gasteiger partial charge in [-0.15, -0.1) is 24.9 Å². The second-order valence-electron chi connectivity index (χ2n) is 5.48. The number of benzene rings is 2. The summed E-state index contributed by atoms with van der Waals surface area (Å²) in [6.07, 6.45) is -2.92. The summed E-state index contributed by atoms with van der Waals surface area (Å²) in [5, 5.41) is 2.52. The minimum atomic E-state index is -4.78. The van der Waals surface area contributed by atoms with Crippen LogP contribution in [-0.2, 0) is 4.79 Å². The van der Waals surface area contributed by atoms with Crippen molar-refractivity contribution in [2.45, 2.75) is 11.3 Å². The number of amides is 2. The van der Waals surface area contributed by atoms with E-state index in [1.54, 1.807) is 12.1 Å². The van der Waals surface area contributed by atoms with Crippen LogP contribution in [0.4, 0.5) is 18.9 Å². The Hall–Kier alpha value is -2.68. The zero-order valence-electron chi connectivity index (χ0n) is 14.5. The van der Waals surface area contributed by atoms with Gasteiger partial charge in [-0.3, -0.25) is 9.59 Å². The lowest BCUT2D eigenvalue weighted by molar-refractivity contribution is -0.274. The van der Waals surface area contributed by atoms with Crippen LogP contribution in [-0.4, -0.2) is 42.9 Å². The third kappa shape index (κ3) is 6.21. The molecule has 0 fully saturated rings. The first kappa shape index (κ1) is 20.6. The lowest BCUT2D eigenvalue weighted by Gasteiger charge is -2.18. The van der Waals surface area contributed by atoms with Gasteiger partial charge in [-0.1, -0.05) is 12.1 Å². The Bertz CT molecular complexity index is 810. The van der Waals surface area contributed by atoms with Gasteiger partial charge in [0.25, 0.3) is 5.91 Å². The van der Waals surface area contributed by atoms with Gasteiger partial charge in [-0.05, 0) is 42.7 Å². The zero-order chi connectivity index (χ0) is 20.0. The van der Waals surface area contributed by atoms with Gasteiger partial charge in [0.1, 0.15) is 5.75 Å². The third-order valence-corrected chi connectivity index (χ3v) is 4.23. The SMILES string of the molecule is CSc1ccccc1C(=O)N(C)CC(=O)Nc1ccc(OC(F)(F)F)cc1. The van der Waals surface area contributed by atoms with Crippen molar-refractivity contribution >= 4 is 29.3 Å².